The quantitative estimate of drug-likeness (QED) is 0.177. The summed E-state index contributed by atoms with van der Waals surface area (Å²) in [4.78, 5) is 29.3. The SMILES string of the molecule is N[C@@H](CS)C(=O)O.N[C@@H](CS)C(=O)O.N[C@@H](CS)C(=O)O.[Tb]. The normalized spacial score (nSPS) is 12.8. The maximum Gasteiger partial charge on any atom is 0.321 e. The molecule has 0 bridgehead atoms. The largest absolute Gasteiger partial charge is 0.480 e. The van der Waals surface area contributed by atoms with Gasteiger partial charge in [-0.15, -0.1) is 0 Å². The third-order valence-electron chi connectivity index (χ3n) is 1.54. The van der Waals surface area contributed by atoms with Gasteiger partial charge in [-0.25, -0.2) is 0 Å². The number of carbonyl (C=O) groups is 3. The van der Waals surface area contributed by atoms with Crippen molar-refractivity contribution in [3.05, 3.63) is 0 Å². The Morgan fingerprint density at radius 2 is 0.818 bits per heavy atom. The van der Waals surface area contributed by atoms with Crippen molar-refractivity contribution in [3.8, 4) is 0 Å². The summed E-state index contributed by atoms with van der Waals surface area (Å²) in [6.45, 7) is 0. The maximum absolute atomic E-state index is 9.76. The number of carboxylic acid groups (broad SMARTS) is 3. The van der Waals surface area contributed by atoms with Gasteiger partial charge in [-0.3, -0.25) is 14.4 Å². The van der Waals surface area contributed by atoms with Crippen molar-refractivity contribution in [2.45, 2.75) is 18.1 Å². The molecule has 0 aromatic heterocycles. The fraction of sp³-hybridized carbons (Fsp3) is 0.667. The summed E-state index contributed by atoms with van der Waals surface area (Å²) in [6, 6.07) is -2.45. The van der Waals surface area contributed by atoms with E-state index in [1.807, 2.05) is 0 Å². The van der Waals surface area contributed by atoms with E-state index in [9.17, 15) is 14.4 Å². The van der Waals surface area contributed by atoms with Crippen molar-refractivity contribution in [1.29, 1.82) is 0 Å². The second-order valence-electron chi connectivity index (χ2n) is 3.38. The summed E-state index contributed by atoms with van der Waals surface area (Å²) >= 11 is 10.9. The number of hydrogen-bond donors (Lipinski definition) is 9. The van der Waals surface area contributed by atoms with Gasteiger partial charge in [-0.2, -0.15) is 37.9 Å². The topological polar surface area (TPSA) is 190 Å². The summed E-state index contributed by atoms with van der Waals surface area (Å²) in [6.07, 6.45) is 0. The van der Waals surface area contributed by atoms with E-state index < -0.39 is 36.0 Å². The zero-order valence-corrected chi connectivity index (χ0v) is 16.1. The van der Waals surface area contributed by atoms with Gasteiger partial charge in [0.15, 0.2) is 0 Å². The molecule has 0 saturated heterocycles. The molecule has 3 atom stereocenters. The van der Waals surface area contributed by atoms with Crippen molar-refractivity contribution in [3.63, 3.8) is 0 Å². The first kappa shape index (κ1) is 30.5. The standard InChI is InChI=1S/3C3H7NO2S.Tb/c3*4-2(1-7)3(5)6;/h3*2,7H,1,4H2,(H,5,6);/t3*2-;/m000./s1. The summed E-state index contributed by atoms with van der Waals surface area (Å²) in [7, 11) is 0. The smallest absolute Gasteiger partial charge is 0.321 e. The Labute approximate surface area is 175 Å². The molecule has 22 heavy (non-hydrogen) atoms. The van der Waals surface area contributed by atoms with Crippen LogP contribution in [0.25, 0.3) is 0 Å². The molecule has 0 aromatic carbocycles. The van der Waals surface area contributed by atoms with Gasteiger partial charge in [0.2, 0.25) is 0 Å². The zero-order chi connectivity index (χ0) is 17.6. The summed E-state index contributed by atoms with van der Waals surface area (Å²) in [5.41, 5.74) is 14.8. The van der Waals surface area contributed by atoms with E-state index in [0.29, 0.717) is 0 Å². The molecular weight excluding hydrogens is 501 g/mol. The molecule has 0 amide bonds. The van der Waals surface area contributed by atoms with Gasteiger partial charge in [0, 0.05) is 55.9 Å². The molecule has 9 nitrogen and oxygen atoms in total. The predicted molar refractivity (Wildman–Crippen MR) is 88.4 cm³/mol. The van der Waals surface area contributed by atoms with Crippen LogP contribution in [0.15, 0.2) is 0 Å². The van der Waals surface area contributed by atoms with Gasteiger partial charge < -0.3 is 32.5 Å². The van der Waals surface area contributed by atoms with Crippen molar-refractivity contribution in [1.82, 2.24) is 0 Å². The van der Waals surface area contributed by atoms with E-state index in [2.05, 4.69) is 37.9 Å². The van der Waals surface area contributed by atoms with E-state index in [0.717, 1.165) is 0 Å². The summed E-state index contributed by atoms with van der Waals surface area (Å²) < 4.78 is 0. The monoisotopic (exact) mass is 522 g/mol. The van der Waals surface area contributed by atoms with Crippen LogP contribution in [0.1, 0.15) is 0 Å². The van der Waals surface area contributed by atoms with E-state index in [-0.39, 0.29) is 55.9 Å². The average molecular weight is 522 g/mol. The molecule has 0 unspecified atom stereocenters. The Morgan fingerprint density at radius 1 is 0.682 bits per heavy atom. The van der Waals surface area contributed by atoms with Crippen LogP contribution in [-0.4, -0.2) is 68.6 Å². The fourth-order valence-corrected chi connectivity index (χ4v) is 0.703. The van der Waals surface area contributed by atoms with Gasteiger partial charge in [0.05, 0.1) is 0 Å². The van der Waals surface area contributed by atoms with Gasteiger partial charge in [0.25, 0.3) is 0 Å². The van der Waals surface area contributed by atoms with Gasteiger partial charge >= 0.3 is 17.9 Å². The minimum atomic E-state index is -1.00. The first-order valence-electron chi connectivity index (χ1n) is 5.32. The molecule has 0 spiro atoms. The second kappa shape index (κ2) is 19.7. The van der Waals surface area contributed by atoms with Crippen molar-refractivity contribution in [2.24, 2.45) is 17.2 Å². The molecule has 0 aliphatic rings. The number of aliphatic carboxylic acids is 3. The molecule has 9 N–H and O–H groups in total. The van der Waals surface area contributed by atoms with Crippen LogP contribution in [0.4, 0.5) is 0 Å². The summed E-state index contributed by atoms with van der Waals surface area (Å²) in [5, 5.41) is 24.0. The molecule has 0 aliphatic heterocycles. The van der Waals surface area contributed by atoms with Crippen molar-refractivity contribution < 1.29 is 68.3 Å². The molecule has 1 radical (unpaired) electrons. The molecule has 0 aliphatic carbocycles. The average Bonchev–Trinajstić information content (AvgIpc) is 2.45. The molecule has 0 rings (SSSR count). The Balaban J connectivity index is -0.000000108. The molecule has 0 fully saturated rings. The van der Waals surface area contributed by atoms with Crippen LogP contribution in [0.2, 0.25) is 0 Å². The van der Waals surface area contributed by atoms with Gasteiger partial charge in [0.1, 0.15) is 18.1 Å². The van der Waals surface area contributed by atoms with Crippen molar-refractivity contribution in [2.75, 3.05) is 17.3 Å². The van der Waals surface area contributed by atoms with E-state index in [1.165, 1.54) is 0 Å². The number of rotatable bonds is 6. The van der Waals surface area contributed by atoms with Crippen molar-refractivity contribution >= 4 is 55.8 Å². The minimum Gasteiger partial charge on any atom is -0.480 e. The van der Waals surface area contributed by atoms with Crippen LogP contribution in [0, 0.1) is 38.6 Å². The molecular formula is C9H21N3O6S3Tb. The Morgan fingerprint density at radius 3 is 0.818 bits per heavy atom. The third-order valence-corrected chi connectivity index (χ3v) is 2.72. The number of nitrogens with two attached hydrogens (primary N) is 3. The number of hydrogen-bond acceptors (Lipinski definition) is 9. The molecule has 0 aromatic rings. The van der Waals surface area contributed by atoms with Gasteiger partial charge in [-0.05, 0) is 0 Å². The van der Waals surface area contributed by atoms with Gasteiger partial charge in [-0.1, -0.05) is 0 Å². The molecule has 0 saturated carbocycles. The van der Waals surface area contributed by atoms with Crippen LogP contribution < -0.4 is 17.2 Å². The Bertz CT molecular complexity index is 279. The number of thiol groups is 3. The second-order valence-corrected chi connectivity index (χ2v) is 4.48. The minimum absolute atomic E-state index is 0. The molecule has 135 valence electrons. The van der Waals surface area contributed by atoms with Crippen LogP contribution in [-0.2, 0) is 14.4 Å². The third kappa shape index (κ3) is 22.9. The van der Waals surface area contributed by atoms with Crippen LogP contribution in [0.5, 0.6) is 0 Å². The molecule has 0 heterocycles. The maximum atomic E-state index is 9.76. The van der Waals surface area contributed by atoms with E-state index >= 15 is 0 Å². The number of carboxylic acids is 3. The zero-order valence-electron chi connectivity index (χ0n) is 11.3. The fourth-order valence-electron chi connectivity index (χ4n) is 0.234. The first-order chi connectivity index (χ1) is 9.54. The molecule has 13 heteroatoms. The van der Waals surface area contributed by atoms with Crippen LogP contribution >= 0.6 is 37.9 Å². The summed E-state index contributed by atoms with van der Waals surface area (Å²) in [5.74, 6) is -2.44. The predicted octanol–water partition coefficient (Wildman–Crippen LogP) is -2.02. The Hall–Kier alpha value is 0.626. The Kier molecular flexibility index (Phi) is 27.3. The van der Waals surface area contributed by atoms with E-state index in [4.69, 9.17) is 32.5 Å². The van der Waals surface area contributed by atoms with Crippen LogP contribution in [0.3, 0.4) is 0 Å². The van der Waals surface area contributed by atoms with E-state index in [1.54, 1.807) is 0 Å². The first-order valence-corrected chi connectivity index (χ1v) is 7.22.